The Labute approximate surface area is 226 Å². The molecule has 0 saturated carbocycles. The van der Waals surface area contributed by atoms with Crippen molar-refractivity contribution in [2.24, 2.45) is 0 Å². The van der Waals surface area contributed by atoms with Crippen molar-refractivity contribution < 1.29 is 23.9 Å². The van der Waals surface area contributed by atoms with Gasteiger partial charge in [-0.05, 0) is 37.1 Å². The number of benzene rings is 2. The molecule has 0 atom stereocenters. The molecule has 39 heavy (non-hydrogen) atoms. The van der Waals surface area contributed by atoms with Crippen molar-refractivity contribution >= 4 is 51.5 Å². The molecule has 0 aliphatic heterocycles. The smallest absolute Gasteiger partial charge is 0.247 e. The summed E-state index contributed by atoms with van der Waals surface area (Å²) in [6, 6.07) is 7.78. The van der Waals surface area contributed by atoms with Crippen LogP contribution in [-0.2, 0) is 22.7 Å². The molecule has 0 unspecified atom stereocenters. The first kappa shape index (κ1) is 27.4. The van der Waals surface area contributed by atoms with Gasteiger partial charge in [-0.3, -0.25) is 19.5 Å². The van der Waals surface area contributed by atoms with Gasteiger partial charge in [0.25, 0.3) is 0 Å². The Balaban J connectivity index is 1.53. The summed E-state index contributed by atoms with van der Waals surface area (Å²) in [7, 11) is 0. The average Bonchev–Trinajstić information content (AvgIpc) is 3.40. The van der Waals surface area contributed by atoms with Gasteiger partial charge in [-0.15, -0.1) is 5.10 Å². The van der Waals surface area contributed by atoms with Crippen molar-refractivity contribution in [1.29, 1.82) is 0 Å². The van der Waals surface area contributed by atoms with Gasteiger partial charge in [0.15, 0.2) is 5.82 Å². The van der Waals surface area contributed by atoms with Crippen LogP contribution in [0.4, 0.5) is 21.6 Å². The fourth-order valence-corrected chi connectivity index (χ4v) is 3.77. The van der Waals surface area contributed by atoms with Crippen LogP contribution in [0.5, 0.6) is 5.75 Å². The van der Waals surface area contributed by atoms with Gasteiger partial charge < -0.3 is 15.4 Å². The number of unbranched alkanes of at least 4 members (excludes halogenated alkanes) is 1. The Morgan fingerprint density at radius 2 is 2.05 bits per heavy atom. The normalized spacial score (nSPS) is 10.7. The molecule has 2 aromatic heterocycles. The highest BCUT2D eigenvalue weighted by molar-refractivity contribution is 6.31. The van der Waals surface area contributed by atoms with Crippen LogP contribution in [-0.4, -0.2) is 42.0 Å². The Morgan fingerprint density at radius 1 is 1.21 bits per heavy atom. The van der Waals surface area contributed by atoms with Gasteiger partial charge in [0.2, 0.25) is 11.8 Å². The monoisotopic (exact) mass is 554 g/mol. The quantitative estimate of drug-likeness (QED) is 0.0874. The second-order valence-electron chi connectivity index (χ2n) is 8.26. The van der Waals surface area contributed by atoms with Crippen LogP contribution in [0.1, 0.15) is 25.0 Å². The Kier molecular flexibility index (Phi) is 8.97. The molecule has 14 heteroatoms. The number of nitrogens with one attached hydrogen (secondary N) is 3. The van der Waals surface area contributed by atoms with Crippen LogP contribution >= 0.6 is 11.6 Å². The third-order valence-electron chi connectivity index (χ3n) is 5.51. The third-order valence-corrected chi connectivity index (χ3v) is 5.80. The number of amides is 2. The number of carbonyl (C=O) groups is 2. The summed E-state index contributed by atoms with van der Waals surface area (Å²) in [5.74, 6) is -0.939. The van der Waals surface area contributed by atoms with E-state index in [0.717, 1.165) is 6.08 Å². The van der Waals surface area contributed by atoms with Crippen molar-refractivity contribution in [3.05, 3.63) is 72.0 Å². The number of hydrogen-bond acceptors (Lipinski definition) is 9. The molecule has 0 bridgehead atoms. The van der Waals surface area contributed by atoms with E-state index < -0.39 is 17.6 Å². The molecule has 2 heterocycles. The van der Waals surface area contributed by atoms with Crippen molar-refractivity contribution in [3.8, 4) is 5.75 Å². The van der Waals surface area contributed by atoms with Crippen molar-refractivity contribution in [2.75, 3.05) is 10.6 Å². The summed E-state index contributed by atoms with van der Waals surface area (Å²) >= 11 is 5.90. The van der Waals surface area contributed by atoms with Crippen molar-refractivity contribution in [3.63, 3.8) is 0 Å². The van der Waals surface area contributed by atoms with Crippen LogP contribution in [0, 0.1) is 5.82 Å². The zero-order valence-electron chi connectivity index (χ0n) is 20.5. The molecule has 0 radical (unpaired) electrons. The maximum absolute atomic E-state index is 14.5. The first-order valence-corrected chi connectivity index (χ1v) is 12.1. The number of hydroxylamine groups is 1. The van der Waals surface area contributed by atoms with Crippen LogP contribution in [0.15, 0.2) is 55.5 Å². The standard InChI is InChI=1S/C25H24ClFN8O4/c1-2-22(36)30-20-10-16-19(28-14-29-25(16)31-18-7-5-6-17(26)24(18)27)11-21(20)39-13-15-12-35(34-32-15)9-4-3-8-23(37)33-38/h2,5-7,10-12,14,38H,1,3-4,8-9,13H2,(H,30,36)(H,33,37)(H,28,29,31). The van der Waals surface area contributed by atoms with Crippen molar-refractivity contribution in [1.82, 2.24) is 30.4 Å². The number of carbonyl (C=O) groups excluding carboxylic acids is 2. The van der Waals surface area contributed by atoms with Gasteiger partial charge in [0.1, 0.15) is 30.2 Å². The topological polar surface area (TPSA) is 156 Å². The van der Waals surface area contributed by atoms with Gasteiger partial charge >= 0.3 is 0 Å². The summed E-state index contributed by atoms with van der Waals surface area (Å²) < 4.78 is 22.1. The maximum atomic E-state index is 14.5. The first-order chi connectivity index (χ1) is 18.9. The second-order valence-corrected chi connectivity index (χ2v) is 8.67. The predicted octanol–water partition coefficient (Wildman–Crippen LogP) is 4.14. The average molecular weight is 555 g/mol. The van der Waals surface area contributed by atoms with Crippen LogP contribution in [0.3, 0.4) is 0 Å². The maximum Gasteiger partial charge on any atom is 0.247 e. The summed E-state index contributed by atoms with van der Waals surface area (Å²) in [6.07, 6.45) is 5.58. The van der Waals surface area contributed by atoms with E-state index in [9.17, 15) is 14.0 Å². The van der Waals surface area contributed by atoms with Crippen LogP contribution in [0.25, 0.3) is 10.9 Å². The van der Waals surface area contributed by atoms with E-state index in [-0.39, 0.29) is 23.7 Å². The number of anilines is 3. The van der Waals surface area contributed by atoms with Gasteiger partial charge in [-0.2, -0.15) is 0 Å². The Bertz CT molecular complexity index is 1510. The molecule has 0 fully saturated rings. The van der Waals surface area contributed by atoms with E-state index in [1.165, 1.54) is 18.5 Å². The van der Waals surface area contributed by atoms with E-state index >= 15 is 0 Å². The first-order valence-electron chi connectivity index (χ1n) is 11.8. The Morgan fingerprint density at radius 3 is 2.85 bits per heavy atom. The van der Waals surface area contributed by atoms with Crippen LogP contribution < -0.4 is 20.9 Å². The molecule has 4 rings (SSSR count). The number of halogens is 2. The zero-order chi connectivity index (χ0) is 27.8. The molecule has 0 spiro atoms. The number of aryl methyl sites for hydroxylation is 1. The van der Waals surface area contributed by atoms with E-state index in [1.807, 2.05) is 0 Å². The van der Waals surface area contributed by atoms with Gasteiger partial charge in [-0.1, -0.05) is 29.5 Å². The fraction of sp³-hybridized carbons (Fsp3) is 0.200. The molecule has 0 saturated heterocycles. The highest BCUT2D eigenvalue weighted by Crippen LogP contribution is 2.34. The minimum absolute atomic E-state index is 0.0410. The van der Waals surface area contributed by atoms with Gasteiger partial charge in [-0.25, -0.2) is 19.8 Å². The van der Waals surface area contributed by atoms with Gasteiger partial charge in [0, 0.05) is 24.4 Å². The molecule has 12 nitrogen and oxygen atoms in total. The molecule has 0 aliphatic rings. The molecule has 202 valence electrons. The highest BCUT2D eigenvalue weighted by Gasteiger charge is 2.15. The predicted molar refractivity (Wildman–Crippen MR) is 141 cm³/mol. The zero-order valence-corrected chi connectivity index (χ0v) is 21.3. The number of aromatic nitrogens is 5. The fourth-order valence-electron chi connectivity index (χ4n) is 3.59. The summed E-state index contributed by atoms with van der Waals surface area (Å²) in [5.41, 5.74) is 3.03. The lowest BCUT2D eigenvalue weighted by atomic mass is 10.1. The number of hydrogen-bond donors (Lipinski definition) is 4. The largest absolute Gasteiger partial charge is 0.485 e. The van der Waals surface area contributed by atoms with E-state index in [0.29, 0.717) is 53.2 Å². The lowest BCUT2D eigenvalue weighted by Crippen LogP contribution is -2.18. The number of ether oxygens (including phenoxy) is 1. The van der Waals surface area contributed by atoms with E-state index in [2.05, 4.69) is 37.5 Å². The van der Waals surface area contributed by atoms with E-state index in [4.69, 9.17) is 21.5 Å². The SMILES string of the molecule is C=CC(=O)Nc1cc2c(Nc3cccc(Cl)c3F)ncnc2cc1OCc1cn(CCCCC(=O)NO)nn1. The van der Waals surface area contributed by atoms with Gasteiger partial charge in [0.05, 0.1) is 28.1 Å². The lowest BCUT2D eigenvalue weighted by Gasteiger charge is -2.15. The second kappa shape index (κ2) is 12.8. The molecular weight excluding hydrogens is 531 g/mol. The Hall–Kier alpha value is -4.62. The summed E-state index contributed by atoms with van der Waals surface area (Å²) in [5, 5.41) is 22.8. The molecule has 2 aromatic carbocycles. The molecule has 0 aliphatic carbocycles. The summed E-state index contributed by atoms with van der Waals surface area (Å²) in [4.78, 5) is 31.7. The number of nitrogens with zero attached hydrogens (tertiary/aromatic N) is 5. The minimum atomic E-state index is -0.630. The minimum Gasteiger partial charge on any atom is -0.485 e. The molecule has 2 amide bonds. The summed E-state index contributed by atoms with van der Waals surface area (Å²) in [6.45, 7) is 4.05. The number of fused-ring (bicyclic) bond motifs is 1. The molecule has 4 N–H and O–H groups in total. The van der Waals surface area contributed by atoms with E-state index in [1.54, 1.807) is 34.6 Å². The third kappa shape index (κ3) is 7.03. The molecule has 4 aromatic rings. The van der Waals surface area contributed by atoms with Crippen molar-refractivity contribution in [2.45, 2.75) is 32.4 Å². The molecular formula is C25H24ClFN8O4. The van der Waals surface area contributed by atoms with Crippen LogP contribution in [0.2, 0.25) is 5.02 Å². The highest BCUT2D eigenvalue weighted by atomic mass is 35.5. The number of rotatable bonds is 12. The lowest BCUT2D eigenvalue weighted by molar-refractivity contribution is -0.129.